The van der Waals surface area contributed by atoms with Gasteiger partial charge in [0.2, 0.25) is 0 Å². The van der Waals surface area contributed by atoms with Crippen LogP contribution < -0.4 is 16.0 Å². The molecule has 4 aromatic carbocycles. The Balaban J connectivity index is 0.911. The summed E-state index contributed by atoms with van der Waals surface area (Å²) in [6.07, 6.45) is 0.940. The largest absolute Gasteiger partial charge is 0.351 e. The Bertz CT molecular complexity index is 2060. The fourth-order valence-electron chi connectivity index (χ4n) is 5.61. The predicted octanol–water partition coefficient (Wildman–Crippen LogP) is 4.57. The van der Waals surface area contributed by atoms with Crippen LogP contribution in [0.3, 0.4) is 0 Å². The van der Waals surface area contributed by atoms with Crippen molar-refractivity contribution in [2.45, 2.75) is 20.3 Å². The molecule has 2 aromatic heterocycles. The minimum absolute atomic E-state index is 0.149. The van der Waals surface area contributed by atoms with Crippen LogP contribution in [0.25, 0.3) is 44.1 Å². The molecule has 234 valence electrons. The fourth-order valence-corrected chi connectivity index (χ4v) is 5.61. The number of para-hydroxylation sites is 4. The van der Waals surface area contributed by atoms with E-state index in [9.17, 15) is 9.59 Å². The predicted molar refractivity (Wildman–Crippen MR) is 183 cm³/mol. The summed E-state index contributed by atoms with van der Waals surface area (Å²) in [4.78, 5) is 47.2. The molecule has 3 N–H and O–H groups in total. The molecule has 2 heterocycles. The molecule has 2 amide bonds. The van der Waals surface area contributed by atoms with Crippen molar-refractivity contribution in [2.24, 2.45) is 0 Å². The molecule has 46 heavy (non-hydrogen) atoms. The van der Waals surface area contributed by atoms with E-state index >= 15 is 0 Å². The van der Waals surface area contributed by atoms with Gasteiger partial charge >= 0.3 is 0 Å². The molecule has 6 aromatic rings. The minimum Gasteiger partial charge on any atom is -0.351 e. The maximum absolute atomic E-state index is 13.0. The second kappa shape index (κ2) is 13.9. The summed E-state index contributed by atoms with van der Waals surface area (Å²) >= 11 is 0. The molecular formula is C36H38N8O2. The highest BCUT2D eigenvalue weighted by atomic mass is 16.2. The first-order chi connectivity index (χ1) is 22.4. The number of hydrogen-bond acceptors (Lipinski definition) is 8. The number of benzene rings is 4. The zero-order valence-electron chi connectivity index (χ0n) is 26.4. The van der Waals surface area contributed by atoms with Crippen molar-refractivity contribution in [1.82, 2.24) is 40.8 Å². The lowest BCUT2D eigenvalue weighted by atomic mass is 10.1. The number of likely N-dealkylation sites (N-methyl/N-ethyl adjacent to an activating group) is 1. The highest BCUT2D eigenvalue weighted by Gasteiger charge is 2.15. The molecule has 0 saturated carbocycles. The number of aromatic nitrogens is 4. The first-order valence-corrected chi connectivity index (χ1v) is 15.7. The molecule has 0 fully saturated rings. The quantitative estimate of drug-likeness (QED) is 0.135. The summed E-state index contributed by atoms with van der Waals surface area (Å²) in [5.74, 6) is -0.306. The van der Waals surface area contributed by atoms with Crippen LogP contribution in [0.1, 0.15) is 38.3 Å². The van der Waals surface area contributed by atoms with Gasteiger partial charge in [0.15, 0.2) is 0 Å². The Morgan fingerprint density at radius 3 is 1.59 bits per heavy atom. The summed E-state index contributed by atoms with van der Waals surface area (Å²) in [6.45, 7) is 8.11. The van der Waals surface area contributed by atoms with Crippen LogP contribution >= 0.6 is 0 Å². The van der Waals surface area contributed by atoms with Crippen molar-refractivity contribution in [2.75, 3.05) is 46.3 Å². The standard InChI is InChI=1S/C36H38N8O2/c1-23-9-4-13-27-31(23)42-33-25(11-6-15-29(33)40-27)35(45)38-19-18-37-17-8-21-44(3)22-20-39-36(46)26-12-7-16-30-34(26)43-32-24(2)10-5-14-28(32)41-30/h4-7,9-16,37H,8,17-22H2,1-3H3,(H,38,45)(H,39,46). The average Bonchev–Trinajstić information content (AvgIpc) is 3.06. The van der Waals surface area contributed by atoms with E-state index in [1.165, 1.54) is 0 Å². The van der Waals surface area contributed by atoms with Gasteiger partial charge in [-0.2, -0.15) is 0 Å². The van der Waals surface area contributed by atoms with E-state index in [0.29, 0.717) is 52.8 Å². The van der Waals surface area contributed by atoms with Crippen LogP contribution in [0.15, 0.2) is 72.8 Å². The van der Waals surface area contributed by atoms with Gasteiger partial charge in [-0.05, 0) is 87.9 Å². The lowest BCUT2D eigenvalue weighted by molar-refractivity contribution is 0.0945. The summed E-state index contributed by atoms with van der Waals surface area (Å²) in [7, 11) is 2.04. The number of carbonyl (C=O) groups is 2. The van der Waals surface area contributed by atoms with Crippen molar-refractivity contribution in [3.63, 3.8) is 0 Å². The third-order valence-corrected chi connectivity index (χ3v) is 8.14. The zero-order chi connectivity index (χ0) is 32.0. The molecule has 0 saturated heterocycles. The fraction of sp³-hybridized carbons (Fsp3) is 0.278. The van der Waals surface area contributed by atoms with Crippen molar-refractivity contribution < 1.29 is 9.59 Å². The SMILES string of the molecule is Cc1cccc2nc3cccc(C(=O)NCCNCCCN(C)CCNC(=O)c4cccc5nc6cccc(C)c6nc45)c3nc12. The number of fused-ring (bicyclic) bond motifs is 4. The second-order valence-electron chi connectivity index (χ2n) is 11.6. The monoisotopic (exact) mass is 614 g/mol. The van der Waals surface area contributed by atoms with Crippen LogP contribution in [0.2, 0.25) is 0 Å². The highest BCUT2D eigenvalue weighted by molar-refractivity contribution is 6.07. The van der Waals surface area contributed by atoms with Crippen LogP contribution in [0, 0.1) is 13.8 Å². The number of rotatable bonds is 12. The third kappa shape index (κ3) is 6.78. The summed E-state index contributed by atoms with van der Waals surface area (Å²) in [5, 5.41) is 9.43. The van der Waals surface area contributed by atoms with Gasteiger partial charge in [0.1, 0.15) is 11.0 Å². The molecule has 0 aliphatic carbocycles. The number of nitrogens with one attached hydrogen (secondary N) is 3. The van der Waals surface area contributed by atoms with Crippen LogP contribution in [-0.4, -0.2) is 83.0 Å². The van der Waals surface area contributed by atoms with Gasteiger partial charge in [0.05, 0.1) is 44.2 Å². The Morgan fingerprint density at radius 1 is 0.565 bits per heavy atom. The minimum atomic E-state index is -0.157. The third-order valence-electron chi connectivity index (χ3n) is 8.14. The van der Waals surface area contributed by atoms with E-state index in [0.717, 1.165) is 59.2 Å². The van der Waals surface area contributed by atoms with Crippen LogP contribution in [0.5, 0.6) is 0 Å². The number of aryl methyl sites for hydroxylation is 2. The van der Waals surface area contributed by atoms with Crippen LogP contribution in [0.4, 0.5) is 0 Å². The Hall–Kier alpha value is -5.06. The lowest BCUT2D eigenvalue weighted by Gasteiger charge is -2.17. The maximum atomic E-state index is 13.0. The summed E-state index contributed by atoms with van der Waals surface area (Å²) in [6, 6.07) is 22.9. The molecule has 0 spiro atoms. The van der Waals surface area contributed by atoms with E-state index in [2.05, 4.69) is 20.9 Å². The van der Waals surface area contributed by atoms with Crippen molar-refractivity contribution >= 4 is 55.9 Å². The molecule has 0 aliphatic heterocycles. The molecule has 10 heteroatoms. The lowest BCUT2D eigenvalue weighted by Crippen LogP contribution is -2.35. The van der Waals surface area contributed by atoms with E-state index in [-0.39, 0.29) is 11.8 Å². The van der Waals surface area contributed by atoms with Gasteiger partial charge in [-0.3, -0.25) is 9.59 Å². The van der Waals surface area contributed by atoms with Gasteiger partial charge in [0, 0.05) is 26.2 Å². The van der Waals surface area contributed by atoms with Gasteiger partial charge in [-0.25, -0.2) is 19.9 Å². The zero-order valence-corrected chi connectivity index (χ0v) is 26.4. The summed E-state index contributed by atoms with van der Waals surface area (Å²) in [5.41, 5.74) is 9.05. The van der Waals surface area contributed by atoms with Crippen molar-refractivity contribution in [3.05, 3.63) is 95.1 Å². The Labute approximate surface area is 267 Å². The van der Waals surface area contributed by atoms with E-state index in [4.69, 9.17) is 19.9 Å². The van der Waals surface area contributed by atoms with Gasteiger partial charge in [-0.1, -0.05) is 36.4 Å². The molecule has 10 nitrogen and oxygen atoms in total. The maximum Gasteiger partial charge on any atom is 0.253 e. The second-order valence-corrected chi connectivity index (χ2v) is 11.6. The number of amides is 2. The number of carbonyl (C=O) groups excluding carboxylic acids is 2. The normalized spacial score (nSPS) is 11.6. The molecule has 0 aliphatic rings. The van der Waals surface area contributed by atoms with E-state index in [1.807, 2.05) is 81.6 Å². The van der Waals surface area contributed by atoms with Gasteiger partial charge in [-0.15, -0.1) is 0 Å². The molecule has 0 atom stereocenters. The first kappa shape index (κ1) is 30.9. The van der Waals surface area contributed by atoms with Crippen molar-refractivity contribution in [1.29, 1.82) is 0 Å². The topological polar surface area (TPSA) is 125 Å². The summed E-state index contributed by atoms with van der Waals surface area (Å²) < 4.78 is 0. The average molecular weight is 615 g/mol. The van der Waals surface area contributed by atoms with Gasteiger partial charge < -0.3 is 20.9 Å². The number of hydrogen-bond donors (Lipinski definition) is 3. The van der Waals surface area contributed by atoms with E-state index < -0.39 is 0 Å². The van der Waals surface area contributed by atoms with Gasteiger partial charge in [0.25, 0.3) is 11.8 Å². The highest BCUT2D eigenvalue weighted by Crippen LogP contribution is 2.23. The Kier molecular flexibility index (Phi) is 9.37. The van der Waals surface area contributed by atoms with Crippen molar-refractivity contribution in [3.8, 4) is 0 Å². The molecule has 0 unspecified atom stereocenters. The first-order valence-electron chi connectivity index (χ1n) is 15.7. The molecule has 0 bridgehead atoms. The van der Waals surface area contributed by atoms with E-state index in [1.54, 1.807) is 12.1 Å². The smallest absolute Gasteiger partial charge is 0.253 e. The van der Waals surface area contributed by atoms with Crippen LogP contribution in [-0.2, 0) is 0 Å². The molecule has 6 rings (SSSR count). The molecule has 0 radical (unpaired) electrons. The Morgan fingerprint density at radius 2 is 1.04 bits per heavy atom. The molecular weight excluding hydrogens is 576 g/mol. The number of nitrogens with zero attached hydrogens (tertiary/aromatic N) is 5.